The van der Waals surface area contributed by atoms with Gasteiger partial charge in [-0.15, -0.1) is 0 Å². The van der Waals surface area contributed by atoms with E-state index in [9.17, 15) is 22.4 Å². The first kappa shape index (κ1) is 20.3. The molecule has 4 nitrogen and oxygen atoms in total. The first-order valence-electron chi connectivity index (χ1n) is 9.20. The third-order valence-electron chi connectivity index (χ3n) is 4.56. The van der Waals surface area contributed by atoms with Crippen LogP contribution in [0.4, 0.5) is 23.5 Å². The number of alkyl halides is 3. The van der Waals surface area contributed by atoms with Gasteiger partial charge in [0, 0.05) is 17.3 Å². The molecule has 3 aromatic carbocycles. The maximum Gasteiger partial charge on any atom is 0.416 e. The zero-order chi connectivity index (χ0) is 22.0. The summed E-state index contributed by atoms with van der Waals surface area (Å²) < 4.78 is 53.6. The van der Waals surface area contributed by atoms with Gasteiger partial charge in [0.05, 0.1) is 16.9 Å². The van der Waals surface area contributed by atoms with Gasteiger partial charge >= 0.3 is 6.18 Å². The molecule has 0 aliphatic carbocycles. The van der Waals surface area contributed by atoms with E-state index in [-0.39, 0.29) is 11.5 Å². The molecule has 31 heavy (non-hydrogen) atoms. The molecule has 0 saturated carbocycles. The minimum Gasteiger partial charge on any atom is -0.292 e. The lowest BCUT2D eigenvalue weighted by atomic mass is 10.1. The standard InChI is InChI=1S/C23H15F4N3O/c24-18-7-4-8-19(13-18)30-14-20(15-5-2-1-3-6-15)28-22(30)29-21(31)16-9-11-17(12-10-16)23(25,26)27/h1-14H,(H,28,29,31). The lowest BCUT2D eigenvalue weighted by Crippen LogP contribution is -2.16. The minimum atomic E-state index is -4.49. The van der Waals surface area contributed by atoms with Gasteiger partial charge in [0.1, 0.15) is 5.82 Å². The number of hydrogen-bond acceptors (Lipinski definition) is 2. The molecule has 0 unspecified atom stereocenters. The number of rotatable bonds is 4. The van der Waals surface area contributed by atoms with Crippen molar-refractivity contribution in [2.24, 2.45) is 0 Å². The quantitative estimate of drug-likeness (QED) is 0.411. The lowest BCUT2D eigenvalue weighted by Gasteiger charge is -2.10. The largest absolute Gasteiger partial charge is 0.416 e. The molecular formula is C23H15F4N3O. The number of nitrogens with zero attached hydrogens (tertiary/aromatic N) is 2. The smallest absolute Gasteiger partial charge is 0.292 e. The normalized spacial score (nSPS) is 11.4. The second-order valence-corrected chi connectivity index (χ2v) is 6.69. The Kier molecular flexibility index (Phi) is 5.29. The summed E-state index contributed by atoms with van der Waals surface area (Å²) in [6.45, 7) is 0. The second kappa shape index (κ2) is 8.06. The van der Waals surface area contributed by atoms with Crippen LogP contribution in [0.5, 0.6) is 0 Å². The van der Waals surface area contributed by atoms with E-state index in [1.807, 2.05) is 30.3 Å². The van der Waals surface area contributed by atoms with Gasteiger partial charge in [-0.1, -0.05) is 36.4 Å². The van der Waals surface area contributed by atoms with E-state index in [1.165, 1.54) is 22.8 Å². The van der Waals surface area contributed by atoms with Gasteiger partial charge in [-0.05, 0) is 42.5 Å². The Labute approximate surface area is 174 Å². The van der Waals surface area contributed by atoms with E-state index in [4.69, 9.17) is 0 Å². The number of carbonyl (C=O) groups excluding carboxylic acids is 1. The average molecular weight is 425 g/mol. The Hall–Kier alpha value is -3.94. The van der Waals surface area contributed by atoms with Crippen LogP contribution in [0.15, 0.2) is 85.1 Å². The summed E-state index contributed by atoms with van der Waals surface area (Å²) in [6.07, 6.45) is -2.85. The molecule has 1 aromatic heterocycles. The van der Waals surface area contributed by atoms with Gasteiger partial charge < -0.3 is 0 Å². The molecule has 8 heteroatoms. The van der Waals surface area contributed by atoms with Crippen LogP contribution in [0.25, 0.3) is 16.9 Å². The van der Waals surface area contributed by atoms with Crippen LogP contribution in [0.3, 0.4) is 0 Å². The van der Waals surface area contributed by atoms with Crippen molar-refractivity contribution in [3.05, 3.63) is 102 Å². The molecule has 0 aliphatic heterocycles. The van der Waals surface area contributed by atoms with Crippen molar-refractivity contribution < 1.29 is 22.4 Å². The van der Waals surface area contributed by atoms with Crippen molar-refractivity contribution in [3.8, 4) is 16.9 Å². The zero-order valence-corrected chi connectivity index (χ0v) is 15.9. The summed E-state index contributed by atoms with van der Waals surface area (Å²) >= 11 is 0. The van der Waals surface area contributed by atoms with Crippen molar-refractivity contribution in [3.63, 3.8) is 0 Å². The van der Waals surface area contributed by atoms with E-state index in [2.05, 4.69) is 10.3 Å². The Morgan fingerprint density at radius 3 is 2.26 bits per heavy atom. The summed E-state index contributed by atoms with van der Waals surface area (Å²) in [5.41, 5.74) is 0.924. The van der Waals surface area contributed by atoms with Crippen molar-refractivity contribution in [2.75, 3.05) is 5.32 Å². The molecule has 1 heterocycles. The van der Waals surface area contributed by atoms with Crippen molar-refractivity contribution >= 4 is 11.9 Å². The van der Waals surface area contributed by atoms with Crippen LogP contribution in [0.2, 0.25) is 0 Å². The number of carbonyl (C=O) groups is 1. The molecule has 1 amide bonds. The molecule has 156 valence electrons. The molecule has 0 aliphatic rings. The maximum atomic E-state index is 13.8. The molecule has 0 saturated heterocycles. The van der Waals surface area contributed by atoms with Crippen LogP contribution in [-0.2, 0) is 6.18 Å². The maximum absolute atomic E-state index is 13.8. The fraction of sp³-hybridized carbons (Fsp3) is 0.0435. The summed E-state index contributed by atoms with van der Waals surface area (Å²) in [6, 6.07) is 18.8. The van der Waals surface area contributed by atoms with Gasteiger partial charge in [-0.25, -0.2) is 9.37 Å². The monoisotopic (exact) mass is 425 g/mol. The van der Waals surface area contributed by atoms with Gasteiger partial charge in [0.25, 0.3) is 5.91 Å². The van der Waals surface area contributed by atoms with Crippen molar-refractivity contribution in [1.29, 1.82) is 0 Å². The molecular weight excluding hydrogens is 410 g/mol. The highest BCUT2D eigenvalue weighted by Gasteiger charge is 2.30. The average Bonchev–Trinajstić information content (AvgIpc) is 3.17. The van der Waals surface area contributed by atoms with Gasteiger partial charge in [0.2, 0.25) is 5.95 Å². The Bertz CT molecular complexity index is 1220. The third-order valence-corrected chi connectivity index (χ3v) is 4.56. The van der Waals surface area contributed by atoms with Gasteiger partial charge in [-0.3, -0.25) is 14.7 Å². The first-order valence-corrected chi connectivity index (χ1v) is 9.20. The third kappa shape index (κ3) is 4.48. The number of halogens is 4. The molecule has 4 aromatic rings. The Morgan fingerprint density at radius 2 is 1.61 bits per heavy atom. The Morgan fingerprint density at radius 1 is 0.903 bits per heavy atom. The van der Waals surface area contributed by atoms with E-state index >= 15 is 0 Å². The number of anilines is 1. The molecule has 0 fully saturated rings. The SMILES string of the molecule is O=C(Nc1nc(-c2ccccc2)cn1-c1cccc(F)c1)c1ccc(C(F)(F)F)cc1. The molecule has 4 rings (SSSR count). The van der Waals surface area contributed by atoms with E-state index < -0.39 is 23.5 Å². The van der Waals surface area contributed by atoms with Crippen molar-refractivity contribution in [2.45, 2.75) is 6.18 Å². The van der Waals surface area contributed by atoms with Crippen LogP contribution >= 0.6 is 0 Å². The number of amides is 1. The number of imidazole rings is 1. The Balaban J connectivity index is 1.69. The lowest BCUT2D eigenvalue weighted by molar-refractivity contribution is -0.137. The van der Waals surface area contributed by atoms with Crippen LogP contribution in [0, 0.1) is 5.82 Å². The molecule has 0 spiro atoms. The molecule has 0 radical (unpaired) electrons. The van der Waals surface area contributed by atoms with E-state index in [1.54, 1.807) is 12.3 Å². The molecule has 1 N–H and O–H groups in total. The summed E-state index contributed by atoms with van der Waals surface area (Å²) in [4.78, 5) is 17.1. The highest BCUT2D eigenvalue weighted by molar-refractivity contribution is 6.03. The summed E-state index contributed by atoms with van der Waals surface area (Å²) in [5, 5.41) is 2.60. The fourth-order valence-corrected chi connectivity index (χ4v) is 3.02. The predicted octanol–water partition coefficient (Wildman–Crippen LogP) is 5.95. The summed E-state index contributed by atoms with van der Waals surface area (Å²) in [7, 11) is 0. The first-order chi connectivity index (χ1) is 14.8. The highest BCUT2D eigenvalue weighted by atomic mass is 19.4. The number of nitrogens with one attached hydrogen (secondary N) is 1. The van der Waals surface area contributed by atoms with Crippen LogP contribution in [-0.4, -0.2) is 15.5 Å². The zero-order valence-electron chi connectivity index (χ0n) is 15.9. The van der Waals surface area contributed by atoms with Gasteiger partial charge in [0.15, 0.2) is 0 Å². The van der Waals surface area contributed by atoms with Crippen LogP contribution in [0.1, 0.15) is 15.9 Å². The second-order valence-electron chi connectivity index (χ2n) is 6.69. The molecule has 0 atom stereocenters. The predicted molar refractivity (Wildman–Crippen MR) is 108 cm³/mol. The van der Waals surface area contributed by atoms with E-state index in [0.29, 0.717) is 11.4 Å². The summed E-state index contributed by atoms with van der Waals surface area (Å²) in [5.74, 6) is -1.00. The number of hydrogen-bond donors (Lipinski definition) is 1. The number of aromatic nitrogens is 2. The van der Waals surface area contributed by atoms with Crippen molar-refractivity contribution in [1.82, 2.24) is 9.55 Å². The minimum absolute atomic E-state index is 0.0306. The fourth-order valence-electron chi connectivity index (χ4n) is 3.02. The molecule has 0 bridgehead atoms. The highest BCUT2D eigenvalue weighted by Crippen LogP contribution is 2.29. The van der Waals surface area contributed by atoms with E-state index in [0.717, 1.165) is 29.8 Å². The van der Waals surface area contributed by atoms with Crippen LogP contribution < -0.4 is 5.32 Å². The topological polar surface area (TPSA) is 46.9 Å². The van der Waals surface area contributed by atoms with Gasteiger partial charge in [-0.2, -0.15) is 13.2 Å². The number of benzene rings is 3.